The minimum atomic E-state index is -0.497. The van der Waals surface area contributed by atoms with E-state index in [9.17, 15) is 9.18 Å². The molecule has 170 valence electrons. The van der Waals surface area contributed by atoms with Crippen LogP contribution in [0.5, 0.6) is 0 Å². The molecule has 0 aliphatic carbocycles. The third-order valence-electron chi connectivity index (χ3n) is 5.80. The number of aliphatic imine (C=N–C) groups is 1. The molecule has 1 amide bonds. The summed E-state index contributed by atoms with van der Waals surface area (Å²) in [5, 5.41) is 16.0. The van der Waals surface area contributed by atoms with Crippen LogP contribution in [0, 0.1) is 32.0 Å². The highest BCUT2D eigenvalue weighted by atomic mass is 35.5. The Kier molecular flexibility index (Phi) is 5.50. The Labute approximate surface area is 205 Å². The van der Waals surface area contributed by atoms with E-state index in [1.807, 2.05) is 45.0 Å². The Morgan fingerprint density at radius 3 is 2.59 bits per heavy atom. The van der Waals surface area contributed by atoms with Gasteiger partial charge in [0.1, 0.15) is 10.9 Å². The molecule has 2 aliphatic rings. The number of carbonyl (C=O) groups excluding carboxylic acids is 1. The number of fused-ring (bicyclic) bond motifs is 1. The van der Waals surface area contributed by atoms with Crippen LogP contribution < -0.4 is 0 Å². The van der Waals surface area contributed by atoms with E-state index in [4.69, 9.17) is 17.0 Å². The van der Waals surface area contributed by atoms with E-state index in [0.717, 1.165) is 28.2 Å². The van der Waals surface area contributed by atoms with Crippen LogP contribution >= 0.6 is 23.4 Å². The number of aryl methyl sites for hydroxylation is 1. The minimum absolute atomic E-state index is 0.0525. The van der Waals surface area contributed by atoms with Crippen LogP contribution in [0.3, 0.4) is 0 Å². The molecule has 0 atom stereocenters. The van der Waals surface area contributed by atoms with Gasteiger partial charge in [0.25, 0.3) is 5.91 Å². The summed E-state index contributed by atoms with van der Waals surface area (Å²) in [6.45, 7) is 5.91. The van der Waals surface area contributed by atoms with Crippen molar-refractivity contribution >= 4 is 51.4 Å². The lowest BCUT2D eigenvalue weighted by Gasteiger charge is -2.20. The van der Waals surface area contributed by atoms with E-state index < -0.39 is 5.91 Å². The molecule has 1 N–H and O–H groups in total. The molecule has 0 unspecified atom stereocenters. The normalized spacial score (nSPS) is 16.7. The molecule has 0 saturated heterocycles. The Morgan fingerprint density at radius 1 is 1.12 bits per heavy atom. The van der Waals surface area contributed by atoms with Crippen molar-refractivity contribution < 1.29 is 9.18 Å². The van der Waals surface area contributed by atoms with E-state index in [-0.39, 0.29) is 17.2 Å². The highest BCUT2D eigenvalue weighted by molar-refractivity contribution is 8.27. The zero-order chi connectivity index (χ0) is 24.1. The maximum absolute atomic E-state index is 13.3. The van der Waals surface area contributed by atoms with Crippen molar-refractivity contribution in [1.82, 2.24) is 9.58 Å². The van der Waals surface area contributed by atoms with Crippen LogP contribution in [0.25, 0.3) is 11.8 Å². The Balaban J connectivity index is 1.52. The first-order valence-electron chi connectivity index (χ1n) is 10.4. The lowest BCUT2D eigenvalue weighted by Crippen LogP contribution is -2.35. The molecule has 3 heterocycles. The van der Waals surface area contributed by atoms with Crippen molar-refractivity contribution in [3.63, 3.8) is 0 Å². The zero-order valence-corrected chi connectivity index (χ0v) is 20.1. The van der Waals surface area contributed by atoms with Crippen LogP contribution in [0.4, 0.5) is 4.39 Å². The van der Waals surface area contributed by atoms with Gasteiger partial charge in [0.2, 0.25) is 5.17 Å². The van der Waals surface area contributed by atoms with Gasteiger partial charge in [0.05, 0.1) is 5.57 Å². The maximum Gasteiger partial charge on any atom is 0.283 e. The molecule has 0 bridgehead atoms. The number of hydrazone groups is 1. The molecular formula is C25H19ClFN5OS. The second-order valence-corrected chi connectivity index (χ2v) is 9.34. The molecule has 0 saturated carbocycles. The highest BCUT2D eigenvalue weighted by Crippen LogP contribution is 2.32. The van der Waals surface area contributed by atoms with Crippen LogP contribution in [0.15, 0.2) is 64.2 Å². The topological polar surface area (TPSA) is 73.8 Å². The summed E-state index contributed by atoms with van der Waals surface area (Å²) in [7, 11) is 0. The molecule has 34 heavy (non-hydrogen) atoms. The number of hydrogen-bond donors (Lipinski definition) is 1. The van der Waals surface area contributed by atoms with Gasteiger partial charge in [-0.3, -0.25) is 10.2 Å². The van der Waals surface area contributed by atoms with Crippen molar-refractivity contribution in [2.75, 3.05) is 0 Å². The Bertz CT molecular complexity index is 1470. The van der Waals surface area contributed by atoms with Gasteiger partial charge in [-0.2, -0.15) is 15.1 Å². The maximum atomic E-state index is 13.3. The van der Waals surface area contributed by atoms with Gasteiger partial charge < -0.3 is 4.57 Å². The molecule has 9 heteroatoms. The quantitative estimate of drug-likeness (QED) is 0.466. The molecule has 0 fully saturated rings. The minimum Gasteiger partial charge on any atom is -0.318 e. The summed E-state index contributed by atoms with van der Waals surface area (Å²) in [5.74, 6) is -0.896. The second-order valence-electron chi connectivity index (χ2n) is 7.98. The summed E-state index contributed by atoms with van der Waals surface area (Å²) < 4.78 is 15.4. The van der Waals surface area contributed by atoms with E-state index in [0.29, 0.717) is 20.8 Å². The number of aromatic nitrogens is 1. The summed E-state index contributed by atoms with van der Waals surface area (Å²) in [5.41, 5.74) is 5.45. The molecule has 3 aromatic rings. The number of halogens is 2. The van der Waals surface area contributed by atoms with Gasteiger partial charge in [-0.25, -0.2) is 4.39 Å². The fraction of sp³-hybridized carbons (Fsp3) is 0.120. The average Bonchev–Trinajstić information content (AvgIpc) is 3.34. The third-order valence-corrected chi connectivity index (χ3v) is 7.16. The van der Waals surface area contributed by atoms with E-state index in [1.54, 1.807) is 18.2 Å². The average molecular weight is 492 g/mol. The fourth-order valence-corrected chi connectivity index (χ4v) is 5.07. The van der Waals surface area contributed by atoms with Crippen LogP contribution in [-0.2, 0) is 4.79 Å². The summed E-state index contributed by atoms with van der Waals surface area (Å²) >= 11 is 7.51. The van der Waals surface area contributed by atoms with Crippen LogP contribution in [0.1, 0.15) is 28.1 Å². The standard InChI is InChI=1S/C25H19ClFN5OS/c1-13-11-17(15(3)31(13)21-6-4-5-20(26)14(21)2)12-19-22(28)32-25(29-23(19)33)34-24(30-32)16-7-9-18(27)10-8-16/h4-12,28H,1-3H3. The van der Waals surface area contributed by atoms with Crippen molar-refractivity contribution in [3.05, 3.63) is 93.0 Å². The number of nitrogens with one attached hydrogen (secondary N) is 1. The number of amidine groups is 2. The number of carbonyl (C=O) groups is 1. The van der Waals surface area contributed by atoms with Gasteiger partial charge in [-0.1, -0.05) is 17.7 Å². The molecule has 0 radical (unpaired) electrons. The van der Waals surface area contributed by atoms with Crippen molar-refractivity contribution in [3.8, 4) is 5.69 Å². The number of amides is 1. The number of thioether (sulfide) groups is 1. The summed E-state index contributed by atoms with van der Waals surface area (Å²) in [6, 6.07) is 13.6. The molecule has 2 aliphatic heterocycles. The molecule has 5 rings (SSSR count). The van der Waals surface area contributed by atoms with Gasteiger partial charge in [-0.05, 0) is 92.2 Å². The largest absolute Gasteiger partial charge is 0.318 e. The third kappa shape index (κ3) is 3.69. The lowest BCUT2D eigenvalue weighted by atomic mass is 10.1. The second kappa shape index (κ2) is 8.38. The van der Waals surface area contributed by atoms with E-state index in [1.165, 1.54) is 28.9 Å². The smallest absolute Gasteiger partial charge is 0.283 e. The van der Waals surface area contributed by atoms with E-state index >= 15 is 0 Å². The predicted molar refractivity (Wildman–Crippen MR) is 136 cm³/mol. The first-order valence-corrected chi connectivity index (χ1v) is 11.6. The zero-order valence-electron chi connectivity index (χ0n) is 18.6. The summed E-state index contributed by atoms with van der Waals surface area (Å²) in [4.78, 5) is 17.0. The summed E-state index contributed by atoms with van der Waals surface area (Å²) in [6.07, 6.45) is 1.68. The number of nitrogens with zero attached hydrogens (tertiary/aromatic N) is 4. The predicted octanol–water partition coefficient (Wildman–Crippen LogP) is 5.86. The van der Waals surface area contributed by atoms with Gasteiger partial charge in [-0.15, -0.1) is 0 Å². The Hall–Kier alpha value is -3.49. The highest BCUT2D eigenvalue weighted by Gasteiger charge is 2.36. The van der Waals surface area contributed by atoms with Crippen molar-refractivity contribution in [2.24, 2.45) is 10.1 Å². The van der Waals surface area contributed by atoms with Gasteiger partial charge in [0.15, 0.2) is 5.84 Å². The SMILES string of the molecule is Cc1c(Cl)cccc1-n1c(C)cc(C=C2C(=N)N3N=C(c4ccc(F)cc4)SC3=NC2=O)c1C. The molecule has 1 aromatic heterocycles. The van der Waals surface area contributed by atoms with Crippen molar-refractivity contribution in [1.29, 1.82) is 5.41 Å². The first kappa shape index (κ1) is 22.3. The van der Waals surface area contributed by atoms with Crippen LogP contribution in [-0.4, -0.2) is 31.5 Å². The first-order chi connectivity index (χ1) is 16.2. The van der Waals surface area contributed by atoms with Gasteiger partial charge in [0, 0.05) is 27.7 Å². The molecule has 0 spiro atoms. The molecular weight excluding hydrogens is 473 g/mol. The van der Waals surface area contributed by atoms with Crippen LogP contribution in [0.2, 0.25) is 5.02 Å². The monoisotopic (exact) mass is 491 g/mol. The van der Waals surface area contributed by atoms with Gasteiger partial charge >= 0.3 is 0 Å². The van der Waals surface area contributed by atoms with Crippen molar-refractivity contribution in [2.45, 2.75) is 20.8 Å². The fourth-order valence-electron chi connectivity index (χ4n) is 4.00. The molecule has 6 nitrogen and oxygen atoms in total. The number of hydrogen-bond acceptors (Lipinski definition) is 4. The van der Waals surface area contributed by atoms with E-state index in [2.05, 4.69) is 14.7 Å². The Morgan fingerprint density at radius 2 is 1.85 bits per heavy atom. The molecule has 2 aromatic carbocycles. The number of benzene rings is 2. The number of rotatable bonds is 3. The lowest BCUT2D eigenvalue weighted by molar-refractivity contribution is -0.114.